The molecule has 2 heterocycles. The predicted octanol–water partition coefficient (Wildman–Crippen LogP) is 1.64. The van der Waals surface area contributed by atoms with E-state index in [1.807, 2.05) is 32.9 Å². The minimum absolute atomic E-state index is 0.0369. The summed E-state index contributed by atoms with van der Waals surface area (Å²) in [4.78, 5) is 16.7. The summed E-state index contributed by atoms with van der Waals surface area (Å²) in [5.41, 5.74) is 1.87. The molecule has 1 amide bonds. The topological polar surface area (TPSA) is 76.1 Å². The Bertz CT molecular complexity index is 626. The average molecular weight is 310 g/mol. The highest BCUT2D eigenvalue weighted by molar-refractivity contribution is 7.91. The lowest BCUT2D eigenvalue weighted by Crippen LogP contribution is -2.37. The molecule has 5 nitrogen and oxygen atoms in total. The van der Waals surface area contributed by atoms with Crippen molar-refractivity contribution in [3.05, 3.63) is 29.6 Å². The molecular weight excluding hydrogens is 288 g/mol. The lowest BCUT2D eigenvalue weighted by Gasteiger charge is -2.24. The minimum atomic E-state index is -3.05. The van der Waals surface area contributed by atoms with Gasteiger partial charge in [-0.15, -0.1) is 0 Å². The number of sulfone groups is 1. The van der Waals surface area contributed by atoms with Gasteiger partial charge in [-0.3, -0.25) is 9.78 Å². The van der Waals surface area contributed by atoms with Crippen LogP contribution in [-0.2, 0) is 14.6 Å². The van der Waals surface area contributed by atoms with Crippen molar-refractivity contribution in [2.45, 2.75) is 33.2 Å². The first-order valence-corrected chi connectivity index (χ1v) is 9.04. The number of rotatable bonds is 4. The molecule has 1 aromatic heterocycles. The lowest BCUT2D eigenvalue weighted by atomic mass is 9.96. The lowest BCUT2D eigenvalue weighted by molar-refractivity contribution is -0.125. The molecule has 1 aromatic rings. The molecule has 2 atom stereocenters. The Labute approximate surface area is 126 Å². The zero-order valence-electron chi connectivity index (χ0n) is 12.7. The molecule has 0 saturated carbocycles. The van der Waals surface area contributed by atoms with E-state index in [1.165, 1.54) is 0 Å². The van der Waals surface area contributed by atoms with Gasteiger partial charge in [-0.05, 0) is 30.9 Å². The largest absolute Gasteiger partial charge is 0.347 e. The molecule has 0 aromatic carbocycles. The molecule has 6 heteroatoms. The van der Waals surface area contributed by atoms with Crippen LogP contribution in [0.2, 0.25) is 0 Å². The van der Waals surface area contributed by atoms with Crippen molar-refractivity contribution in [3.8, 4) is 0 Å². The van der Waals surface area contributed by atoms with Crippen LogP contribution in [0.3, 0.4) is 0 Å². The van der Waals surface area contributed by atoms with Gasteiger partial charge in [0.2, 0.25) is 5.91 Å². The molecule has 21 heavy (non-hydrogen) atoms. The Morgan fingerprint density at radius 2 is 2.14 bits per heavy atom. The molecule has 1 fully saturated rings. The van der Waals surface area contributed by atoms with E-state index in [9.17, 15) is 13.2 Å². The number of amides is 1. The molecule has 0 bridgehead atoms. The Kier molecular flexibility index (Phi) is 4.66. The zero-order valence-corrected chi connectivity index (χ0v) is 13.5. The summed E-state index contributed by atoms with van der Waals surface area (Å²) in [7, 11) is -3.05. The van der Waals surface area contributed by atoms with Crippen molar-refractivity contribution in [1.82, 2.24) is 10.3 Å². The number of hydrogen-bond acceptors (Lipinski definition) is 4. The van der Waals surface area contributed by atoms with Crippen LogP contribution in [0, 0.1) is 18.8 Å². The summed E-state index contributed by atoms with van der Waals surface area (Å²) >= 11 is 0. The number of carbonyl (C=O) groups is 1. The highest BCUT2D eigenvalue weighted by Crippen LogP contribution is 2.25. The van der Waals surface area contributed by atoms with E-state index in [4.69, 9.17) is 0 Å². The maximum absolute atomic E-state index is 12.3. The summed E-state index contributed by atoms with van der Waals surface area (Å²) in [6, 6.07) is 3.63. The van der Waals surface area contributed by atoms with E-state index in [-0.39, 0.29) is 29.4 Å². The van der Waals surface area contributed by atoms with Gasteiger partial charge in [0.05, 0.1) is 29.2 Å². The molecule has 0 aliphatic carbocycles. The zero-order chi connectivity index (χ0) is 15.6. The Hall–Kier alpha value is -1.43. The number of nitrogens with one attached hydrogen (secondary N) is 1. The fourth-order valence-corrected chi connectivity index (χ4v) is 4.39. The highest BCUT2D eigenvalue weighted by atomic mass is 32.2. The van der Waals surface area contributed by atoms with Gasteiger partial charge in [0.15, 0.2) is 9.84 Å². The molecule has 0 radical (unpaired) electrons. The Morgan fingerprint density at radius 3 is 2.67 bits per heavy atom. The number of aryl methyl sites for hydroxylation is 1. The van der Waals surface area contributed by atoms with Crippen molar-refractivity contribution in [2.75, 3.05) is 11.5 Å². The average Bonchev–Trinajstić information content (AvgIpc) is 2.77. The number of carbonyl (C=O) groups excluding carboxylic acids is 1. The second-order valence-electron chi connectivity index (χ2n) is 6.04. The van der Waals surface area contributed by atoms with Crippen LogP contribution < -0.4 is 5.32 Å². The van der Waals surface area contributed by atoms with Crippen LogP contribution >= 0.6 is 0 Å². The molecule has 1 aliphatic rings. The van der Waals surface area contributed by atoms with Crippen molar-refractivity contribution < 1.29 is 13.2 Å². The van der Waals surface area contributed by atoms with Crippen molar-refractivity contribution in [3.63, 3.8) is 0 Å². The third-order valence-electron chi connectivity index (χ3n) is 3.91. The first kappa shape index (κ1) is 15.9. The maximum atomic E-state index is 12.3. The molecule has 116 valence electrons. The van der Waals surface area contributed by atoms with E-state index < -0.39 is 15.8 Å². The van der Waals surface area contributed by atoms with Crippen LogP contribution in [0.5, 0.6) is 0 Å². The van der Waals surface area contributed by atoms with E-state index >= 15 is 0 Å². The van der Waals surface area contributed by atoms with Gasteiger partial charge in [0.1, 0.15) is 0 Å². The fourth-order valence-electron chi connectivity index (χ4n) is 2.65. The number of aromatic nitrogens is 1. The van der Waals surface area contributed by atoms with E-state index in [0.29, 0.717) is 6.42 Å². The van der Waals surface area contributed by atoms with E-state index in [1.54, 1.807) is 6.20 Å². The maximum Gasteiger partial charge on any atom is 0.224 e. The standard InChI is InChI=1S/C15H22N2O3S/c1-10(2)13(14-11(3)5-4-7-16-14)17-15(18)12-6-8-21(19,20)9-12/h4-5,7,10,12-13H,6,8-9H2,1-3H3,(H,17,18)/t12-,13+/m0/s1. The number of nitrogens with zero attached hydrogens (tertiary/aromatic N) is 1. The van der Waals surface area contributed by atoms with Crippen molar-refractivity contribution in [2.24, 2.45) is 11.8 Å². The quantitative estimate of drug-likeness (QED) is 0.917. The summed E-state index contributed by atoms with van der Waals surface area (Å²) < 4.78 is 23.0. The summed E-state index contributed by atoms with van der Waals surface area (Å²) in [6.07, 6.45) is 2.13. The molecule has 0 spiro atoms. The molecule has 1 saturated heterocycles. The Morgan fingerprint density at radius 1 is 1.43 bits per heavy atom. The van der Waals surface area contributed by atoms with Gasteiger partial charge < -0.3 is 5.32 Å². The second-order valence-corrected chi connectivity index (χ2v) is 8.26. The molecule has 1 N–H and O–H groups in total. The first-order valence-electron chi connectivity index (χ1n) is 7.22. The van der Waals surface area contributed by atoms with Gasteiger partial charge in [0.25, 0.3) is 0 Å². The molecule has 1 aliphatic heterocycles. The minimum Gasteiger partial charge on any atom is -0.347 e. The van der Waals surface area contributed by atoms with Crippen LogP contribution in [0.25, 0.3) is 0 Å². The number of pyridine rings is 1. The van der Waals surface area contributed by atoms with Gasteiger partial charge in [0, 0.05) is 6.20 Å². The highest BCUT2D eigenvalue weighted by Gasteiger charge is 2.34. The first-order chi connectivity index (χ1) is 9.80. The third kappa shape index (κ3) is 3.81. The smallest absolute Gasteiger partial charge is 0.224 e. The van der Waals surface area contributed by atoms with Gasteiger partial charge in [-0.2, -0.15) is 0 Å². The monoisotopic (exact) mass is 310 g/mol. The molecule has 0 unspecified atom stereocenters. The summed E-state index contributed by atoms with van der Waals surface area (Å²) in [6.45, 7) is 6.00. The van der Waals surface area contributed by atoms with Gasteiger partial charge >= 0.3 is 0 Å². The SMILES string of the molecule is Cc1cccnc1[C@H](NC(=O)[C@H]1CCS(=O)(=O)C1)C(C)C. The van der Waals surface area contributed by atoms with E-state index in [2.05, 4.69) is 10.3 Å². The predicted molar refractivity (Wildman–Crippen MR) is 81.5 cm³/mol. The fraction of sp³-hybridized carbons (Fsp3) is 0.600. The van der Waals surface area contributed by atoms with Crippen LogP contribution in [0.1, 0.15) is 37.6 Å². The second kappa shape index (κ2) is 6.13. The van der Waals surface area contributed by atoms with Crippen LogP contribution in [0.4, 0.5) is 0 Å². The molecular formula is C15H22N2O3S. The number of hydrogen-bond donors (Lipinski definition) is 1. The molecule has 2 rings (SSSR count). The van der Waals surface area contributed by atoms with Crippen LogP contribution in [0.15, 0.2) is 18.3 Å². The summed E-state index contributed by atoms with van der Waals surface area (Å²) in [5.74, 6) is -0.356. The van der Waals surface area contributed by atoms with Crippen LogP contribution in [-0.4, -0.2) is 30.8 Å². The van der Waals surface area contributed by atoms with E-state index in [0.717, 1.165) is 11.3 Å². The van der Waals surface area contributed by atoms with Gasteiger partial charge in [-0.25, -0.2) is 8.42 Å². The Balaban J connectivity index is 2.14. The summed E-state index contributed by atoms with van der Waals surface area (Å²) in [5, 5.41) is 2.99. The van der Waals surface area contributed by atoms with Gasteiger partial charge in [-0.1, -0.05) is 19.9 Å². The normalized spacial score (nSPS) is 22.2. The third-order valence-corrected chi connectivity index (χ3v) is 5.68. The van der Waals surface area contributed by atoms with Crippen molar-refractivity contribution >= 4 is 15.7 Å². The van der Waals surface area contributed by atoms with Crippen molar-refractivity contribution in [1.29, 1.82) is 0 Å².